The van der Waals surface area contributed by atoms with Gasteiger partial charge in [0.15, 0.2) is 5.65 Å². The summed E-state index contributed by atoms with van der Waals surface area (Å²) in [7, 11) is 0. The molecular formula is C17H18N4O. The summed E-state index contributed by atoms with van der Waals surface area (Å²) in [4.78, 5) is 9.21. The van der Waals surface area contributed by atoms with Gasteiger partial charge in [-0.3, -0.25) is 4.57 Å². The molecule has 0 saturated carbocycles. The van der Waals surface area contributed by atoms with Crippen LogP contribution in [0.1, 0.15) is 18.7 Å². The maximum atomic E-state index is 10.2. The summed E-state index contributed by atoms with van der Waals surface area (Å²) in [5, 5.41) is 13.7. The number of benzene rings is 1. The second-order valence-electron chi connectivity index (χ2n) is 5.70. The van der Waals surface area contributed by atoms with Gasteiger partial charge in [0.05, 0.1) is 5.69 Å². The quantitative estimate of drug-likeness (QED) is 0.778. The largest absolute Gasteiger partial charge is 0.506 e. The Labute approximate surface area is 128 Å². The van der Waals surface area contributed by atoms with Gasteiger partial charge in [0.1, 0.15) is 17.1 Å². The maximum Gasteiger partial charge on any atom is 0.164 e. The molecular weight excluding hydrogens is 276 g/mol. The van der Waals surface area contributed by atoms with E-state index in [4.69, 9.17) is 4.98 Å². The fourth-order valence-electron chi connectivity index (χ4n) is 3.15. The first-order chi connectivity index (χ1) is 10.8. The Kier molecular flexibility index (Phi) is 3.27. The zero-order valence-corrected chi connectivity index (χ0v) is 12.2. The smallest absolute Gasteiger partial charge is 0.164 e. The van der Waals surface area contributed by atoms with E-state index in [0.717, 1.165) is 42.1 Å². The normalized spacial score (nSPS) is 18.1. The molecule has 0 radical (unpaired) electrons. The molecule has 1 saturated heterocycles. The van der Waals surface area contributed by atoms with Gasteiger partial charge in [-0.25, -0.2) is 9.97 Å². The lowest BCUT2D eigenvalue weighted by atomic mass is 10.1. The number of pyridine rings is 1. The number of hydrogen-bond acceptors (Lipinski definition) is 4. The number of nitrogens with zero attached hydrogens (tertiary/aromatic N) is 3. The van der Waals surface area contributed by atoms with Gasteiger partial charge >= 0.3 is 0 Å². The van der Waals surface area contributed by atoms with E-state index in [0.29, 0.717) is 6.04 Å². The minimum absolute atomic E-state index is 0.244. The number of phenols is 1. The fraction of sp³-hybridized carbons (Fsp3) is 0.294. The van der Waals surface area contributed by atoms with Crippen LogP contribution in [-0.2, 0) is 6.42 Å². The number of nitrogens with one attached hydrogen (secondary N) is 1. The van der Waals surface area contributed by atoms with Crippen LogP contribution in [0.2, 0.25) is 0 Å². The van der Waals surface area contributed by atoms with Crippen LogP contribution in [0.3, 0.4) is 0 Å². The SMILES string of the molecule is Oc1ccccc1-n1c(CC2CCCN2)nc2cccnc21. The number of imidazole rings is 1. The number of fused-ring (bicyclic) bond motifs is 1. The van der Waals surface area contributed by atoms with E-state index in [1.165, 1.54) is 6.42 Å². The number of aromatic nitrogens is 3. The molecule has 1 aliphatic rings. The Hall–Kier alpha value is -2.40. The second kappa shape index (κ2) is 5.42. The monoisotopic (exact) mass is 294 g/mol. The molecule has 1 fully saturated rings. The average Bonchev–Trinajstić information content (AvgIpc) is 3.16. The lowest BCUT2D eigenvalue weighted by Crippen LogP contribution is -2.25. The summed E-state index contributed by atoms with van der Waals surface area (Å²) in [6, 6.07) is 11.6. The first kappa shape index (κ1) is 13.3. The summed E-state index contributed by atoms with van der Waals surface area (Å²) >= 11 is 0. The van der Waals surface area contributed by atoms with E-state index < -0.39 is 0 Å². The number of phenolic OH excluding ortho intramolecular Hbond substituents is 1. The lowest BCUT2D eigenvalue weighted by Gasteiger charge is -2.13. The molecule has 3 aromatic rings. The van der Waals surface area contributed by atoms with Crippen molar-refractivity contribution in [1.29, 1.82) is 0 Å². The standard InChI is InChI=1S/C17H18N4O/c22-15-8-2-1-7-14(15)21-16(11-12-5-3-9-18-12)20-13-6-4-10-19-17(13)21/h1-2,4,6-8,10,12,18,22H,3,5,9,11H2. The highest BCUT2D eigenvalue weighted by molar-refractivity contribution is 5.74. The summed E-state index contributed by atoms with van der Waals surface area (Å²) in [5.74, 6) is 1.18. The number of aromatic hydroxyl groups is 1. The van der Waals surface area contributed by atoms with Crippen molar-refractivity contribution < 1.29 is 5.11 Å². The Morgan fingerprint density at radius 2 is 2.14 bits per heavy atom. The van der Waals surface area contributed by atoms with Crippen LogP contribution in [0.4, 0.5) is 0 Å². The van der Waals surface area contributed by atoms with Crippen molar-refractivity contribution in [3.63, 3.8) is 0 Å². The van der Waals surface area contributed by atoms with Gasteiger partial charge in [0, 0.05) is 18.7 Å². The molecule has 0 spiro atoms. The van der Waals surface area contributed by atoms with Gasteiger partial charge < -0.3 is 10.4 Å². The Morgan fingerprint density at radius 1 is 1.23 bits per heavy atom. The van der Waals surface area contributed by atoms with E-state index >= 15 is 0 Å². The van der Waals surface area contributed by atoms with Crippen molar-refractivity contribution in [2.75, 3.05) is 6.54 Å². The van der Waals surface area contributed by atoms with Gasteiger partial charge in [0.25, 0.3) is 0 Å². The van der Waals surface area contributed by atoms with Crippen molar-refractivity contribution in [3.8, 4) is 11.4 Å². The topological polar surface area (TPSA) is 63.0 Å². The van der Waals surface area contributed by atoms with E-state index in [9.17, 15) is 5.11 Å². The molecule has 2 N–H and O–H groups in total. The highest BCUT2D eigenvalue weighted by atomic mass is 16.3. The minimum Gasteiger partial charge on any atom is -0.506 e. The number of hydrogen-bond donors (Lipinski definition) is 2. The molecule has 0 amide bonds. The first-order valence-corrected chi connectivity index (χ1v) is 7.67. The number of para-hydroxylation sites is 2. The summed E-state index contributed by atoms with van der Waals surface area (Å²) < 4.78 is 1.98. The summed E-state index contributed by atoms with van der Waals surface area (Å²) in [5.41, 5.74) is 2.38. The first-order valence-electron chi connectivity index (χ1n) is 7.67. The third-order valence-corrected chi connectivity index (χ3v) is 4.20. The molecule has 0 bridgehead atoms. The van der Waals surface area contributed by atoms with E-state index in [1.54, 1.807) is 12.3 Å². The predicted octanol–water partition coefficient (Wildman–Crippen LogP) is 2.42. The Morgan fingerprint density at radius 3 is 2.95 bits per heavy atom. The van der Waals surface area contributed by atoms with Crippen molar-refractivity contribution in [2.45, 2.75) is 25.3 Å². The third kappa shape index (κ3) is 2.23. The molecule has 22 heavy (non-hydrogen) atoms. The molecule has 5 heteroatoms. The fourth-order valence-corrected chi connectivity index (χ4v) is 3.15. The van der Waals surface area contributed by atoms with E-state index in [-0.39, 0.29) is 5.75 Å². The number of rotatable bonds is 3. The highest BCUT2D eigenvalue weighted by Gasteiger charge is 2.21. The Bertz CT molecular complexity index is 805. The van der Waals surface area contributed by atoms with Crippen LogP contribution >= 0.6 is 0 Å². The van der Waals surface area contributed by atoms with Gasteiger partial charge in [-0.2, -0.15) is 0 Å². The molecule has 2 aromatic heterocycles. The lowest BCUT2D eigenvalue weighted by molar-refractivity contribution is 0.471. The summed E-state index contributed by atoms with van der Waals surface area (Å²) in [6.07, 6.45) is 4.97. The van der Waals surface area contributed by atoms with Gasteiger partial charge in [-0.15, -0.1) is 0 Å². The summed E-state index contributed by atoms with van der Waals surface area (Å²) in [6.45, 7) is 1.07. The molecule has 1 atom stereocenters. The van der Waals surface area contributed by atoms with Crippen molar-refractivity contribution >= 4 is 11.2 Å². The zero-order valence-electron chi connectivity index (χ0n) is 12.2. The van der Waals surface area contributed by atoms with Crippen LogP contribution in [-0.4, -0.2) is 32.2 Å². The molecule has 1 aromatic carbocycles. The minimum atomic E-state index is 0.244. The average molecular weight is 294 g/mol. The second-order valence-corrected chi connectivity index (χ2v) is 5.70. The van der Waals surface area contributed by atoms with Crippen molar-refractivity contribution in [2.24, 2.45) is 0 Å². The van der Waals surface area contributed by atoms with E-state index in [2.05, 4.69) is 10.3 Å². The molecule has 5 nitrogen and oxygen atoms in total. The third-order valence-electron chi connectivity index (χ3n) is 4.20. The van der Waals surface area contributed by atoms with Crippen LogP contribution in [0.5, 0.6) is 5.75 Å². The van der Waals surface area contributed by atoms with Gasteiger partial charge in [-0.1, -0.05) is 12.1 Å². The van der Waals surface area contributed by atoms with Crippen LogP contribution < -0.4 is 5.32 Å². The zero-order chi connectivity index (χ0) is 14.9. The predicted molar refractivity (Wildman–Crippen MR) is 85.3 cm³/mol. The van der Waals surface area contributed by atoms with Gasteiger partial charge in [-0.05, 0) is 43.7 Å². The Balaban J connectivity index is 1.88. The molecule has 3 heterocycles. The molecule has 112 valence electrons. The highest BCUT2D eigenvalue weighted by Crippen LogP contribution is 2.27. The van der Waals surface area contributed by atoms with Crippen LogP contribution in [0.25, 0.3) is 16.9 Å². The molecule has 1 unspecified atom stereocenters. The van der Waals surface area contributed by atoms with Crippen LogP contribution in [0, 0.1) is 0 Å². The maximum absolute atomic E-state index is 10.2. The van der Waals surface area contributed by atoms with Gasteiger partial charge in [0.2, 0.25) is 0 Å². The van der Waals surface area contributed by atoms with Crippen molar-refractivity contribution in [3.05, 3.63) is 48.4 Å². The molecule has 4 rings (SSSR count). The van der Waals surface area contributed by atoms with Crippen molar-refractivity contribution in [1.82, 2.24) is 19.9 Å². The molecule has 1 aliphatic heterocycles. The molecule has 0 aliphatic carbocycles. The van der Waals surface area contributed by atoms with Crippen LogP contribution in [0.15, 0.2) is 42.6 Å². The van der Waals surface area contributed by atoms with E-state index in [1.807, 2.05) is 34.9 Å².